The lowest BCUT2D eigenvalue weighted by Gasteiger charge is -2.05. The molecule has 6 nitrogen and oxygen atoms in total. The van der Waals surface area contributed by atoms with Crippen molar-refractivity contribution in [1.82, 2.24) is 9.97 Å². The first-order valence-electron chi connectivity index (χ1n) is 5.82. The number of hydrogen-bond donors (Lipinski definition) is 1. The van der Waals surface area contributed by atoms with Crippen molar-refractivity contribution in [3.8, 4) is 6.07 Å². The molecule has 0 amide bonds. The highest BCUT2D eigenvalue weighted by Crippen LogP contribution is 2.25. The first-order chi connectivity index (χ1) is 9.47. The van der Waals surface area contributed by atoms with Gasteiger partial charge in [0, 0.05) is 11.1 Å². The molecular weight excluding hydrogens is 296 g/mol. The van der Waals surface area contributed by atoms with Crippen molar-refractivity contribution in [2.75, 3.05) is 4.72 Å². The number of nitriles is 1. The van der Waals surface area contributed by atoms with Gasteiger partial charge in [-0.05, 0) is 25.5 Å². The minimum atomic E-state index is -3.85. The quantitative estimate of drug-likeness (QED) is 0.933. The number of sulfonamides is 1. The van der Waals surface area contributed by atoms with Gasteiger partial charge in [0.25, 0.3) is 10.0 Å². The maximum Gasteiger partial charge on any atom is 0.266 e. The van der Waals surface area contributed by atoms with Gasteiger partial charge in [0.15, 0.2) is 10.8 Å². The third kappa shape index (κ3) is 2.79. The standard InChI is InChI=1S/C12H12N4O2S2/c1-3-9-8(2)19-12(15-9)16-20(17,18)11-5-4-6-14-10(11)7-13/h4-6H,3H2,1-2H3,(H,15,16). The molecular formula is C12H12N4O2S2. The van der Waals surface area contributed by atoms with Crippen LogP contribution in [0, 0.1) is 18.3 Å². The van der Waals surface area contributed by atoms with Crippen molar-refractivity contribution in [3.05, 3.63) is 34.6 Å². The van der Waals surface area contributed by atoms with E-state index in [0.29, 0.717) is 5.13 Å². The Labute approximate surface area is 121 Å². The Bertz CT molecular complexity index is 775. The molecule has 8 heteroatoms. The molecule has 0 saturated carbocycles. The van der Waals surface area contributed by atoms with Gasteiger partial charge in [0.05, 0.1) is 5.69 Å². The molecule has 0 bridgehead atoms. The summed E-state index contributed by atoms with van der Waals surface area (Å²) in [5.74, 6) is 0. The van der Waals surface area contributed by atoms with E-state index in [4.69, 9.17) is 5.26 Å². The van der Waals surface area contributed by atoms with Crippen molar-refractivity contribution < 1.29 is 8.42 Å². The molecule has 0 aliphatic heterocycles. The zero-order chi connectivity index (χ0) is 14.8. The summed E-state index contributed by atoms with van der Waals surface area (Å²) in [5.41, 5.74) is 0.725. The van der Waals surface area contributed by atoms with E-state index in [2.05, 4.69) is 14.7 Å². The molecule has 0 aliphatic carbocycles. The lowest BCUT2D eigenvalue weighted by Crippen LogP contribution is -2.14. The average Bonchev–Trinajstić information content (AvgIpc) is 2.77. The van der Waals surface area contributed by atoms with E-state index in [9.17, 15) is 8.42 Å². The number of pyridine rings is 1. The molecule has 0 aliphatic rings. The van der Waals surface area contributed by atoms with Gasteiger partial charge in [0.1, 0.15) is 11.0 Å². The van der Waals surface area contributed by atoms with E-state index in [-0.39, 0.29) is 10.6 Å². The van der Waals surface area contributed by atoms with Crippen molar-refractivity contribution >= 4 is 26.5 Å². The zero-order valence-corrected chi connectivity index (χ0v) is 12.5. The Balaban J connectivity index is 2.38. The number of hydrogen-bond acceptors (Lipinski definition) is 6. The van der Waals surface area contributed by atoms with Crippen LogP contribution in [-0.2, 0) is 16.4 Å². The normalized spacial score (nSPS) is 11.1. The molecule has 0 radical (unpaired) electrons. The Hall–Kier alpha value is -1.98. The molecule has 2 heterocycles. The van der Waals surface area contributed by atoms with Gasteiger partial charge in [0.2, 0.25) is 0 Å². The third-order valence-corrected chi connectivity index (χ3v) is 5.04. The summed E-state index contributed by atoms with van der Waals surface area (Å²) in [7, 11) is -3.85. The third-order valence-electron chi connectivity index (χ3n) is 2.62. The van der Waals surface area contributed by atoms with Gasteiger partial charge in [-0.3, -0.25) is 4.72 Å². The maximum atomic E-state index is 12.3. The van der Waals surface area contributed by atoms with Crippen molar-refractivity contribution in [3.63, 3.8) is 0 Å². The van der Waals surface area contributed by atoms with E-state index in [1.165, 1.54) is 29.7 Å². The second kappa shape index (κ2) is 5.56. The fourth-order valence-corrected chi connectivity index (χ4v) is 3.91. The van der Waals surface area contributed by atoms with Crippen molar-refractivity contribution in [1.29, 1.82) is 5.26 Å². The van der Waals surface area contributed by atoms with Crippen LogP contribution in [0.2, 0.25) is 0 Å². The maximum absolute atomic E-state index is 12.3. The van der Waals surface area contributed by atoms with Crippen LogP contribution in [-0.4, -0.2) is 18.4 Å². The van der Waals surface area contributed by atoms with Crippen LogP contribution in [0.15, 0.2) is 23.2 Å². The summed E-state index contributed by atoms with van der Waals surface area (Å²) in [6, 6.07) is 4.58. The van der Waals surface area contributed by atoms with E-state index in [1.54, 1.807) is 6.07 Å². The highest BCUT2D eigenvalue weighted by atomic mass is 32.2. The highest BCUT2D eigenvalue weighted by molar-refractivity contribution is 7.93. The molecule has 2 rings (SSSR count). The Morgan fingerprint density at radius 3 is 2.85 bits per heavy atom. The summed E-state index contributed by atoms with van der Waals surface area (Å²) < 4.78 is 26.9. The molecule has 2 aromatic heterocycles. The van der Waals surface area contributed by atoms with Crippen LogP contribution < -0.4 is 4.72 Å². The minimum Gasteiger partial charge on any atom is -0.255 e. The molecule has 0 unspecified atom stereocenters. The Kier molecular flexibility index (Phi) is 4.01. The molecule has 20 heavy (non-hydrogen) atoms. The first-order valence-corrected chi connectivity index (χ1v) is 8.12. The second-order valence-corrected chi connectivity index (χ2v) is 6.80. The predicted molar refractivity (Wildman–Crippen MR) is 76.0 cm³/mol. The fourth-order valence-electron chi connectivity index (χ4n) is 1.66. The summed E-state index contributed by atoms with van der Waals surface area (Å²) in [5, 5.41) is 9.21. The van der Waals surface area contributed by atoms with Crippen LogP contribution in [0.4, 0.5) is 5.13 Å². The van der Waals surface area contributed by atoms with Crippen LogP contribution >= 0.6 is 11.3 Å². The van der Waals surface area contributed by atoms with Gasteiger partial charge in [-0.25, -0.2) is 18.4 Å². The van der Waals surface area contributed by atoms with Crippen molar-refractivity contribution in [2.24, 2.45) is 0 Å². The van der Waals surface area contributed by atoms with Crippen LogP contribution in [0.1, 0.15) is 23.2 Å². The molecule has 0 spiro atoms. The second-order valence-electron chi connectivity index (χ2n) is 3.94. The molecule has 0 fully saturated rings. The van der Waals surface area contributed by atoms with Crippen LogP contribution in [0.3, 0.4) is 0 Å². The van der Waals surface area contributed by atoms with E-state index in [1.807, 2.05) is 13.8 Å². The summed E-state index contributed by atoms with van der Waals surface area (Å²) in [6.07, 6.45) is 2.11. The minimum absolute atomic E-state index is 0.135. The summed E-state index contributed by atoms with van der Waals surface area (Å²) in [6.45, 7) is 3.84. The fraction of sp³-hybridized carbons (Fsp3) is 0.250. The first kappa shape index (κ1) is 14.4. The Morgan fingerprint density at radius 2 is 2.25 bits per heavy atom. The number of aryl methyl sites for hydroxylation is 2. The molecule has 104 valence electrons. The van der Waals surface area contributed by atoms with Gasteiger partial charge >= 0.3 is 0 Å². The van der Waals surface area contributed by atoms with E-state index >= 15 is 0 Å². The SMILES string of the molecule is CCc1nc(NS(=O)(=O)c2cccnc2C#N)sc1C. The van der Waals surface area contributed by atoms with Crippen LogP contribution in [0.25, 0.3) is 0 Å². The number of nitrogens with zero attached hydrogens (tertiary/aromatic N) is 3. The molecule has 1 N–H and O–H groups in total. The molecule has 0 atom stereocenters. The number of aromatic nitrogens is 2. The summed E-state index contributed by atoms with van der Waals surface area (Å²) in [4.78, 5) is 8.79. The molecule has 0 aromatic carbocycles. The number of rotatable bonds is 4. The molecule has 2 aromatic rings. The van der Waals surface area contributed by atoms with Gasteiger partial charge in [-0.15, -0.1) is 11.3 Å². The summed E-state index contributed by atoms with van der Waals surface area (Å²) >= 11 is 1.27. The lowest BCUT2D eigenvalue weighted by atomic mass is 10.3. The smallest absolute Gasteiger partial charge is 0.255 e. The predicted octanol–water partition coefficient (Wildman–Crippen LogP) is 2.08. The monoisotopic (exact) mass is 308 g/mol. The molecule has 0 saturated heterocycles. The number of nitrogens with one attached hydrogen (secondary N) is 1. The highest BCUT2D eigenvalue weighted by Gasteiger charge is 2.21. The topological polar surface area (TPSA) is 95.7 Å². The van der Waals surface area contributed by atoms with E-state index < -0.39 is 10.0 Å². The Morgan fingerprint density at radius 1 is 1.50 bits per heavy atom. The van der Waals surface area contributed by atoms with E-state index in [0.717, 1.165) is 17.0 Å². The van der Waals surface area contributed by atoms with Gasteiger partial charge in [-0.2, -0.15) is 5.26 Å². The van der Waals surface area contributed by atoms with Crippen LogP contribution in [0.5, 0.6) is 0 Å². The number of anilines is 1. The number of thiazole rings is 1. The van der Waals surface area contributed by atoms with Gasteiger partial charge < -0.3 is 0 Å². The van der Waals surface area contributed by atoms with Crippen molar-refractivity contribution in [2.45, 2.75) is 25.2 Å². The average molecular weight is 308 g/mol. The zero-order valence-electron chi connectivity index (χ0n) is 10.9. The lowest BCUT2D eigenvalue weighted by molar-refractivity contribution is 0.600. The largest absolute Gasteiger partial charge is 0.266 e. The van der Waals surface area contributed by atoms with Gasteiger partial charge in [-0.1, -0.05) is 6.92 Å².